The fraction of sp³-hybridized carbons (Fsp3) is 0.240. The predicted octanol–water partition coefficient (Wildman–Crippen LogP) is 7.22. The number of carbonyl (C=O) groups is 6. The van der Waals surface area contributed by atoms with E-state index in [0.29, 0.717) is 23.1 Å². The maximum atomic E-state index is 14.1. The van der Waals surface area contributed by atoms with Crippen LogP contribution in [0.4, 0.5) is 9.93 Å². The number of hydrogen-bond acceptors (Lipinski definition) is 14. The van der Waals surface area contributed by atoms with E-state index < -0.39 is 65.1 Å². The van der Waals surface area contributed by atoms with Crippen LogP contribution in [0.1, 0.15) is 67.3 Å². The number of ether oxygens (including phenoxy) is 3. The van der Waals surface area contributed by atoms with Crippen LogP contribution in [0.15, 0.2) is 156 Å². The number of oxime groups is 1. The van der Waals surface area contributed by atoms with Gasteiger partial charge in [-0.2, -0.15) is 0 Å². The number of fused-ring (bicyclic) bond motifs is 1. The van der Waals surface area contributed by atoms with Crippen LogP contribution in [0.3, 0.4) is 0 Å². The maximum Gasteiger partial charge on any atom is 0.408 e. The molecule has 1 aromatic heterocycles. The number of anilines is 1. The third kappa shape index (κ3) is 11.9. The van der Waals surface area contributed by atoms with E-state index in [2.05, 4.69) is 32.7 Å². The summed E-state index contributed by atoms with van der Waals surface area (Å²) in [6.45, 7) is 8.58. The zero-order valence-corrected chi connectivity index (χ0v) is 38.9. The Bertz CT molecular complexity index is 2600. The Labute approximate surface area is 400 Å². The lowest BCUT2D eigenvalue weighted by atomic mass is 10.0. The molecule has 5 aromatic rings. The van der Waals surface area contributed by atoms with Crippen LogP contribution in [0.5, 0.6) is 0 Å². The van der Waals surface area contributed by atoms with E-state index in [4.69, 9.17) is 19.0 Å². The number of allylic oxidation sites excluding steroid dienone is 1. The molecule has 2 aliphatic heterocycles. The minimum atomic E-state index is -1.30. The quantitative estimate of drug-likeness (QED) is 0.0143. The molecule has 3 heterocycles. The smallest absolute Gasteiger partial charge is 0.408 e. The van der Waals surface area contributed by atoms with E-state index >= 15 is 0 Å². The van der Waals surface area contributed by atoms with Crippen molar-refractivity contribution >= 4 is 70.2 Å². The van der Waals surface area contributed by atoms with Crippen LogP contribution in [-0.4, -0.2) is 87.3 Å². The average Bonchev–Trinajstić information content (AvgIpc) is 3.81. The van der Waals surface area contributed by atoms with Gasteiger partial charge in [0.2, 0.25) is 6.41 Å². The first-order valence-corrected chi connectivity index (χ1v) is 23.4. The van der Waals surface area contributed by atoms with Gasteiger partial charge in [0, 0.05) is 17.6 Å². The van der Waals surface area contributed by atoms with Crippen LogP contribution in [0.25, 0.3) is 0 Å². The standard InChI is InChI=1S/C50H48N6O10S2/c1-5-31-28-67-45-39(44(59)56(45)40(31)47(61)65-42(34-22-14-8-15-23-34)35-24-16-9-17-25-35)54-43(58)38(37-29-68-48(52-37)51-30-57)55-63-27-26-36(53-49(62)66-50(2,3)4)46(60)64-41(32-18-10-6-11-19-32)33-20-12-7-13-21-33/h5-25,29-30,36,39,41-42,45H,1,26-28H2,2-4H3,(H,53,62)(H,54,58)(H,51,52,57)/t36?,39?,45-/m0/s1. The highest BCUT2D eigenvalue weighted by Gasteiger charge is 2.55. The van der Waals surface area contributed by atoms with E-state index in [1.165, 1.54) is 28.1 Å². The molecule has 4 aromatic carbocycles. The molecule has 350 valence electrons. The monoisotopic (exact) mass is 956 g/mol. The molecule has 0 aliphatic carbocycles. The van der Waals surface area contributed by atoms with Crippen LogP contribution in [0.2, 0.25) is 0 Å². The Balaban J connectivity index is 1.08. The van der Waals surface area contributed by atoms with Gasteiger partial charge in [-0.3, -0.25) is 19.3 Å². The molecular weight excluding hydrogens is 909 g/mol. The van der Waals surface area contributed by atoms with Gasteiger partial charge < -0.3 is 35.0 Å². The fourth-order valence-electron chi connectivity index (χ4n) is 7.21. The zero-order chi connectivity index (χ0) is 48.2. The summed E-state index contributed by atoms with van der Waals surface area (Å²) >= 11 is 2.33. The highest BCUT2D eigenvalue weighted by atomic mass is 32.2. The summed E-state index contributed by atoms with van der Waals surface area (Å²) in [5.41, 5.74) is 2.10. The largest absolute Gasteiger partial charge is 0.451 e. The number of thioether (sulfide) groups is 1. The molecule has 0 radical (unpaired) electrons. The van der Waals surface area contributed by atoms with Crippen molar-refractivity contribution in [2.45, 2.75) is 62.5 Å². The fourth-order valence-corrected chi connectivity index (χ4v) is 9.21. The molecule has 2 unspecified atom stereocenters. The summed E-state index contributed by atoms with van der Waals surface area (Å²) < 4.78 is 17.7. The van der Waals surface area contributed by atoms with Crippen molar-refractivity contribution in [1.29, 1.82) is 0 Å². The number of amides is 4. The van der Waals surface area contributed by atoms with Crippen molar-refractivity contribution < 1.29 is 47.8 Å². The second-order valence-electron chi connectivity index (χ2n) is 16.2. The van der Waals surface area contributed by atoms with Gasteiger partial charge in [0.05, 0.1) is 0 Å². The molecule has 16 nitrogen and oxygen atoms in total. The van der Waals surface area contributed by atoms with Crippen molar-refractivity contribution in [2.75, 3.05) is 17.7 Å². The summed E-state index contributed by atoms with van der Waals surface area (Å²) in [4.78, 5) is 91.7. The molecule has 3 atom stereocenters. The van der Waals surface area contributed by atoms with Crippen molar-refractivity contribution in [1.82, 2.24) is 20.5 Å². The summed E-state index contributed by atoms with van der Waals surface area (Å²) in [5.74, 6) is -2.70. The Hall–Kier alpha value is -7.57. The lowest BCUT2D eigenvalue weighted by Gasteiger charge is -2.49. The molecule has 0 saturated carbocycles. The molecule has 4 amide bonds. The first kappa shape index (κ1) is 48.4. The lowest BCUT2D eigenvalue weighted by molar-refractivity contribution is -0.154. The molecular formula is C50H48N6O10S2. The molecule has 0 spiro atoms. The van der Waals surface area contributed by atoms with E-state index in [9.17, 15) is 28.8 Å². The number of nitrogens with zero attached hydrogens (tertiary/aromatic N) is 3. The number of nitrogens with one attached hydrogen (secondary N) is 3. The van der Waals surface area contributed by atoms with E-state index in [1.54, 1.807) is 20.8 Å². The van der Waals surface area contributed by atoms with Crippen molar-refractivity contribution in [2.24, 2.45) is 5.16 Å². The predicted molar refractivity (Wildman–Crippen MR) is 256 cm³/mol. The van der Waals surface area contributed by atoms with Crippen LogP contribution < -0.4 is 16.0 Å². The highest BCUT2D eigenvalue weighted by Crippen LogP contribution is 2.42. The SMILES string of the molecule is C=CC1=C(C(=O)OC(c2ccccc2)c2ccccc2)N2C(=O)C(NC(=O)C(=NOCCC(NC(=O)OC(C)(C)C)C(=O)OC(c3ccccc3)c3ccccc3)c3csc(NC=O)n3)[C@@H]2SC1. The van der Waals surface area contributed by atoms with Crippen LogP contribution in [0, 0.1) is 0 Å². The van der Waals surface area contributed by atoms with Gasteiger partial charge in [-0.25, -0.2) is 19.4 Å². The van der Waals surface area contributed by atoms with Crippen LogP contribution in [-0.2, 0) is 43.0 Å². The van der Waals surface area contributed by atoms with Gasteiger partial charge in [-0.15, -0.1) is 23.1 Å². The third-order valence-electron chi connectivity index (χ3n) is 10.4. The lowest BCUT2D eigenvalue weighted by Crippen LogP contribution is -2.71. The van der Waals surface area contributed by atoms with Gasteiger partial charge in [0.1, 0.15) is 41.1 Å². The Kier molecular flexibility index (Phi) is 15.8. The molecule has 7 rings (SSSR count). The number of alkyl carbamates (subject to hydrolysis) is 1. The first-order chi connectivity index (χ1) is 32.8. The molecule has 0 bridgehead atoms. The van der Waals surface area contributed by atoms with E-state index in [-0.39, 0.29) is 41.0 Å². The number of carbonyl (C=O) groups excluding carboxylic acids is 6. The Morgan fingerprint density at radius 2 is 1.40 bits per heavy atom. The number of hydrogen-bond donors (Lipinski definition) is 3. The number of rotatable bonds is 19. The van der Waals surface area contributed by atoms with E-state index in [1.807, 2.05) is 121 Å². The number of esters is 2. The highest BCUT2D eigenvalue weighted by molar-refractivity contribution is 8.00. The summed E-state index contributed by atoms with van der Waals surface area (Å²) in [7, 11) is 0. The topological polar surface area (TPSA) is 204 Å². The molecule has 18 heteroatoms. The molecule has 68 heavy (non-hydrogen) atoms. The summed E-state index contributed by atoms with van der Waals surface area (Å²) in [6, 6.07) is 34.3. The molecule has 1 saturated heterocycles. The van der Waals surface area contributed by atoms with Crippen molar-refractivity contribution in [3.8, 4) is 0 Å². The normalized spacial score (nSPS) is 16.2. The van der Waals surface area contributed by atoms with Gasteiger partial charge in [-0.05, 0) is 48.6 Å². The number of β-lactam (4-membered cyclic amide) rings is 1. The molecule has 3 N–H and O–H groups in total. The summed E-state index contributed by atoms with van der Waals surface area (Å²) in [6.07, 6.45) is -0.752. The Morgan fingerprint density at radius 3 is 1.91 bits per heavy atom. The third-order valence-corrected chi connectivity index (χ3v) is 12.4. The van der Waals surface area contributed by atoms with Crippen molar-refractivity contribution in [3.05, 3.63) is 179 Å². The number of thiazole rings is 1. The van der Waals surface area contributed by atoms with E-state index in [0.717, 1.165) is 22.5 Å². The molecule has 2 aliphatic rings. The average molecular weight is 957 g/mol. The van der Waals surface area contributed by atoms with Gasteiger partial charge in [0.25, 0.3) is 11.8 Å². The van der Waals surface area contributed by atoms with Gasteiger partial charge in [0.15, 0.2) is 23.1 Å². The van der Waals surface area contributed by atoms with Gasteiger partial charge in [-0.1, -0.05) is 139 Å². The second kappa shape index (κ2) is 22.3. The van der Waals surface area contributed by atoms with Crippen LogP contribution >= 0.6 is 23.1 Å². The molecule has 1 fully saturated rings. The number of aromatic nitrogens is 1. The second-order valence-corrected chi connectivity index (χ2v) is 18.2. The maximum absolute atomic E-state index is 14.1. The van der Waals surface area contributed by atoms with Gasteiger partial charge >= 0.3 is 18.0 Å². The van der Waals surface area contributed by atoms with Crippen molar-refractivity contribution in [3.63, 3.8) is 0 Å². The minimum Gasteiger partial charge on any atom is -0.451 e. The minimum absolute atomic E-state index is 0.000786. The Morgan fingerprint density at radius 1 is 0.853 bits per heavy atom. The zero-order valence-electron chi connectivity index (χ0n) is 37.2. The first-order valence-electron chi connectivity index (χ1n) is 21.4. The summed E-state index contributed by atoms with van der Waals surface area (Å²) in [5, 5.41) is 12.7. The number of benzene rings is 4.